The molecule has 1 fully saturated rings. The second-order valence-corrected chi connectivity index (χ2v) is 5.43. The zero-order chi connectivity index (χ0) is 13.8. The van der Waals surface area contributed by atoms with E-state index in [0.717, 1.165) is 25.8 Å². The molecule has 18 heavy (non-hydrogen) atoms. The number of esters is 1. The van der Waals surface area contributed by atoms with Gasteiger partial charge in [0.05, 0.1) is 12.6 Å². The molecule has 0 aromatic heterocycles. The number of hydrogen-bond donors (Lipinski definition) is 2. The van der Waals surface area contributed by atoms with Gasteiger partial charge in [0.25, 0.3) is 0 Å². The number of ether oxygens (including phenoxy) is 1. The molecule has 2 unspecified atom stereocenters. The van der Waals surface area contributed by atoms with E-state index in [2.05, 4.69) is 10.6 Å². The largest absolute Gasteiger partial charge is 0.467 e. The molecule has 1 saturated heterocycles. The van der Waals surface area contributed by atoms with Crippen molar-refractivity contribution in [2.24, 2.45) is 5.92 Å². The molecule has 0 aromatic carbocycles. The van der Waals surface area contributed by atoms with E-state index in [1.54, 1.807) is 0 Å². The fourth-order valence-corrected chi connectivity index (χ4v) is 2.18. The summed E-state index contributed by atoms with van der Waals surface area (Å²) in [6.07, 6.45) is 2.92. The molecule has 1 rings (SSSR count). The van der Waals surface area contributed by atoms with Gasteiger partial charge in [-0.3, -0.25) is 4.79 Å². The second-order valence-electron chi connectivity index (χ2n) is 5.43. The fraction of sp³-hybridized carbons (Fsp3) is 0.846. The minimum absolute atomic E-state index is 0.00795. The van der Waals surface area contributed by atoms with Crippen LogP contribution in [-0.2, 0) is 14.3 Å². The van der Waals surface area contributed by atoms with Crippen LogP contribution in [0, 0.1) is 5.92 Å². The van der Waals surface area contributed by atoms with Crippen molar-refractivity contribution >= 4 is 11.9 Å². The number of carbonyl (C=O) groups is 2. The number of amides is 1. The smallest absolute Gasteiger partial charge is 0.328 e. The van der Waals surface area contributed by atoms with Gasteiger partial charge in [-0.1, -0.05) is 13.8 Å². The van der Waals surface area contributed by atoms with E-state index in [1.807, 2.05) is 20.8 Å². The Hall–Kier alpha value is -1.10. The van der Waals surface area contributed by atoms with Gasteiger partial charge in [0.1, 0.15) is 6.04 Å². The molecule has 0 spiro atoms. The van der Waals surface area contributed by atoms with Crippen LogP contribution in [0.4, 0.5) is 0 Å². The first-order valence-corrected chi connectivity index (χ1v) is 6.54. The molecule has 0 bridgehead atoms. The zero-order valence-corrected chi connectivity index (χ0v) is 11.7. The maximum absolute atomic E-state index is 12.3. The normalized spacial score (nSPS) is 25.6. The Morgan fingerprint density at radius 1 is 1.33 bits per heavy atom. The zero-order valence-electron chi connectivity index (χ0n) is 11.7. The van der Waals surface area contributed by atoms with Gasteiger partial charge in [-0.25, -0.2) is 4.79 Å². The topological polar surface area (TPSA) is 67.4 Å². The Labute approximate surface area is 109 Å². The highest BCUT2D eigenvalue weighted by atomic mass is 16.5. The third-order valence-electron chi connectivity index (χ3n) is 3.53. The summed E-state index contributed by atoms with van der Waals surface area (Å²) in [4.78, 5) is 23.9. The Morgan fingerprint density at radius 2 is 2.00 bits per heavy atom. The Kier molecular flexibility index (Phi) is 5.14. The Bertz CT molecular complexity index is 309. The van der Waals surface area contributed by atoms with Crippen molar-refractivity contribution in [3.63, 3.8) is 0 Å². The maximum atomic E-state index is 12.3. The van der Waals surface area contributed by atoms with Crippen molar-refractivity contribution in [1.82, 2.24) is 10.6 Å². The molecule has 0 saturated carbocycles. The van der Waals surface area contributed by atoms with Crippen LogP contribution in [0.2, 0.25) is 0 Å². The highest BCUT2D eigenvalue weighted by molar-refractivity contribution is 5.90. The van der Waals surface area contributed by atoms with Gasteiger partial charge in [0, 0.05) is 0 Å². The summed E-state index contributed by atoms with van der Waals surface area (Å²) in [7, 11) is 1.34. The highest BCUT2D eigenvalue weighted by Crippen LogP contribution is 2.19. The quantitative estimate of drug-likeness (QED) is 0.731. The van der Waals surface area contributed by atoms with Crippen LogP contribution < -0.4 is 10.6 Å². The summed E-state index contributed by atoms with van der Waals surface area (Å²) in [6, 6.07) is -0.581. The number of hydrogen-bond acceptors (Lipinski definition) is 4. The second kappa shape index (κ2) is 6.18. The lowest BCUT2D eigenvalue weighted by Crippen LogP contribution is -2.60. The molecule has 5 heteroatoms. The molecule has 2 N–H and O–H groups in total. The van der Waals surface area contributed by atoms with Gasteiger partial charge >= 0.3 is 5.97 Å². The van der Waals surface area contributed by atoms with Crippen LogP contribution in [0.25, 0.3) is 0 Å². The third kappa shape index (κ3) is 3.45. The van der Waals surface area contributed by atoms with Crippen LogP contribution in [0.1, 0.15) is 40.0 Å². The van der Waals surface area contributed by atoms with Gasteiger partial charge < -0.3 is 15.4 Å². The molecule has 1 heterocycles. The van der Waals surface area contributed by atoms with Crippen LogP contribution in [0.5, 0.6) is 0 Å². The monoisotopic (exact) mass is 256 g/mol. The number of piperidine rings is 1. The van der Waals surface area contributed by atoms with Gasteiger partial charge in [-0.05, 0) is 38.6 Å². The average molecular weight is 256 g/mol. The first kappa shape index (κ1) is 15.0. The van der Waals surface area contributed by atoms with Crippen LogP contribution in [0.15, 0.2) is 0 Å². The van der Waals surface area contributed by atoms with Crippen molar-refractivity contribution in [3.8, 4) is 0 Å². The lowest BCUT2D eigenvalue weighted by molar-refractivity contribution is -0.147. The third-order valence-corrected chi connectivity index (χ3v) is 3.53. The van der Waals surface area contributed by atoms with Crippen molar-refractivity contribution in [2.75, 3.05) is 13.7 Å². The van der Waals surface area contributed by atoms with E-state index < -0.39 is 17.6 Å². The summed E-state index contributed by atoms with van der Waals surface area (Å²) in [5.74, 6) is -0.502. The summed E-state index contributed by atoms with van der Waals surface area (Å²) in [6.45, 7) is 6.50. The fourth-order valence-electron chi connectivity index (χ4n) is 2.18. The Balaban J connectivity index is 2.68. The van der Waals surface area contributed by atoms with Crippen LogP contribution in [0.3, 0.4) is 0 Å². The molecule has 5 nitrogen and oxygen atoms in total. The standard InChI is InChI=1S/C13H24N2O3/c1-9(2)10(11(16)18-4)15-12(17)13(3)7-5-6-8-14-13/h9-10,14H,5-8H2,1-4H3,(H,15,17). The molecule has 0 radical (unpaired) electrons. The number of methoxy groups -OCH3 is 1. The minimum atomic E-state index is -0.581. The number of carbonyl (C=O) groups excluding carboxylic acids is 2. The molecule has 0 aromatic rings. The van der Waals surface area contributed by atoms with Gasteiger partial charge in [0.15, 0.2) is 0 Å². The number of nitrogens with one attached hydrogen (secondary N) is 2. The van der Waals surface area contributed by atoms with Gasteiger partial charge in [-0.15, -0.1) is 0 Å². The van der Waals surface area contributed by atoms with E-state index in [9.17, 15) is 9.59 Å². The molecule has 1 amide bonds. The molecule has 2 atom stereocenters. The van der Waals surface area contributed by atoms with Crippen molar-refractivity contribution < 1.29 is 14.3 Å². The average Bonchev–Trinajstić information content (AvgIpc) is 2.35. The minimum Gasteiger partial charge on any atom is -0.467 e. The van der Waals surface area contributed by atoms with Crippen LogP contribution in [-0.4, -0.2) is 37.1 Å². The van der Waals surface area contributed by atoms with Crippen molar-refractivity contribution in [3.05, 3.63) is 0 Å². The predicted octanol–water partition coefficient (Wildman–Crippen LogP) is 0.832. The summed E-state index contributed by atoms with van der Waals surface area (Å²) < 4.78 is 4.72. The lowest BCUT2D eigenvalue weighted by atomic mass is 9.89. The van der Waals surface area contributed by atoms with E-state index in [0.29, 0.717) is 0 Å². The van der Waals surface area contributed by atoms with Crippen molar-refractivity contribution in [1.29, 1.82) is 0 Å². The Morgan fingerprint density at radius 3 is 2.44 bits per heavy atom. The van der Waals surface area contributed by atoms with Crippen molar-refractivity contribution in [2.45, 2.75) is 51.6 Å². The molecule has 0 aliphatic carbocycles. The summed E-state index contributed by atoms with van der Waals surface area (Å²) >= 11 is 0. The molecule has 1 aliphatic rings. The lowest BCUT2D eigenvalue weighted by Gasteiger charge is -2.35. The van der Waals surface area contributed by atoms with Gasteiger partial charge in [-0.2, -0.15) is 0 Å². The summed E-state index contributed by atoms with van der Waals surface area (Å²) in [5.41, 5.74) is -0.570. The molecule has 104 valence electrons. The van der Waals surface area contributed by atoms with E-state index >= 15 is 0 Å². The first-order valence-electron chi connectivity index (χ1n) is 6.54. The predicted molar refractivity (Wildman–Crippen MR) is 69.0 cm³/mol. The molecule has 1 aliphatic heterocycles. The maximum Gasteiger partial charge on any atom is 0.328 e. The molecular weight excluding hydrogens is 232 g/mol. The number of rotatable bonds is 4. The molecular formula is C13H24N2O3. The first-order chi connectivity index (χ1) is 8.40. The van der Waals surface area contributed by atoms with E-state index in [1.165, 1.54) is 7.11 Å². The summed E-state index contributed by atoms with van der Waals surface area (Å²) in [5, 5.41) is 6.03. The van der Waals surface area contributed by atoms with E-state index in [4.69, 9.17) is 4.74 Å². The van der Waals surface area contributed by atoms with Crippen LogP contribution >= 0.6 is 0 Å². The highest BCUT2D eigenvalue weighted by Gasteiger charge is 2.37. The van der Waals surface area contributed by atoms with Gasteiger partial charge in [0.2, 0.25) is 5.91 Å². The SMILES string of the molecule is COC(=O)C(NC(=O)C1(C)CCCCN1)C(C)C. The van der Waals surface area contributed by atoms with E-state index in [-0.39, 0.29) is 11.8 Å².